The first-order valence-corrected chi connectivity index (χ1v) is 8.37. The predicted molar refractivity (Wildman–Crippen MR) is 96.3 cm³/mol. The van der Waals surface area contributed by atoms with Gasteiger partial charge in [-0.25, -0.2) is 14.0 Å². The molecule has 0 heterocycles. The average molecular weight is 381 g/mol. The third-order valence-corrected chi connectivity index (χ3v) is 3.92. The van der Waals surface area contributed by atoms with Gasteiger partial charge in [0.15, 0.2) is 18.2 Å². The normalized spacial score (nSPS) is 12.9. The van der Waals surface area contributed by atoms with Gasteiger partial charge >= 0.3 is 11.9 Å². The number of hydrogen-bond acceptors (Lipinski definition) is 6. The van der Waals surface area contributed by atoms with Crippen molar-refractivity contribution in [2.45, 2.75) is 26.3 Å². The molecule has 0 aliphatic heterocycles. The van der Waals surface area contributed by atoms with Crippen LogP contribution in [0.2, 0.25) is 0 Å². The molecule has 1 amide bonds. The molecular formula is C19H24FNO6. The summed E-state index contributed by atoms with van der Waals surface area (Å²) in [5.41, 5.74) is 0.428. The zero-order valence-electron chi connectivity index (χ0n) is 15.8. The number of amides is 1. The number of carbonyl (C=O) groups excluding carboxylic acids is 3. The van der Waals surface area contributed by atoms with Gasteiger partial charge in [0.05, 0.1) is 14.2 Å². The molecule has 2 atom stereocenters. The van der Waals surface area contributed by atoms with Crippen molar-refractivity contribution >= 4 is 23.9 Å². The molecule has 1 aromatic rings. The first-order valence-electron chi connectivity index (χ1n) is 8.37. The summed E-state index contributed by atoms with van der Waals surface area (Å²) in [4.78, 5) is 35.3. The third-order valence-electron chi connectivity index (χ3n) is 3.92. The summed E-state index contributed by atoms with van der Waals surface area (Å²) in [5, 5.41) is 2.49. The summed E-state index contributed by atoms with van der Waals surface area (Å²) in [6.45, 7) is 3.12. The first-order chi connectivity index (χ1) is 12.8. The molecule has 0 spiro atoms. The van der Waals surface area contributed by atoms with Gasteiger partial charge in [-0.05, 0) is 29.7 Å². The quantitative estimate of drug-likeness (QED) is 0.520. The molecule has 0 saturated heterocycles. The Kier molecular flexibility index (Phi) is 8.98. The van der Waals surface area contributed by atoms with Crippen LogP contribution < -0.4 is 10.1 Å². The van der Waals surface area contributed by atoms with E-state index in [1.807, 2.05) is 6.92 Å². The van der Waals surface area contributed by atoms with Crippen LogP contribution in [0.25, 0.3) is 6.08 Å². The number of hydrogen-bond donors (Lipinski definition) is 1. The number of rotatable bonds is 9. The van der Waals surface area contributed by atoms with Crippen LogP contribution >= 0.6 is 0 Å². The molecule has 27 heavy (non-hydrogen) atoms. The summed E-state index contributed by atoms with van der Waals surface area (Å²) in [6, 6.07) is 3.37. The van der Waals surface area contributed by atoms with E-state index in [9.17, 15) is 18.8 Å². The molecule has 0 saturated carbocycles. The minimum atomic E-state index is -0.816. The number of ether oxygens (including phenoxy) is 3. The molecule has 8 heteroatoms. The SMILES string of the molecule is CC[C@H](C)[C@@H](NC(=O)COC(=O)/C=C/c1ccc(OC)c(F)c1)C(=O)OC. The van der Waals surface area contributed by atoms with E-state index < -0.39 is 36.3 Å². The average Bonchev–Trinajstić information content (AvgIpc) is 2.67. The molecular weight excluding hydrogens is 357 g/mol. The second-order valence-corrected chi connectivity index (χ2v) is 5.79. The van der Waals surface area contributed by atoms with Crippen molar-refractivity contribution in [2.24, 2.45) is 5.92 Å². The van der Waals surface area contributed by atoms with Crippen molar-refractivity contribution in [3.63, 3.8) is 0 Å². The maximum Gasteiger partial charge on any atom is 0.331 e. The van der Waals surface area contributed by atoms with Gasteiger partial charge in [-0.3, -0.25) is 4.79 Å². The molecule has 148 valence electrons. The van der Waals surface area contributed by atoms with Crippen LogP contribution in [0.3, 0.4) is 0 Å². The van der Waals surface area contributed by atoms with E-state index in [2.05, 4.69) is 10.1 Å². The lowest BCUT2D eigenvalue weighted by Crippen LogP contribution is -2.47. The Bertz CT molecular complexity index is 703. The van der Waals surface area contributed by atoms with Crippen molar-refractivity contribution in [1.29, 1.82) is 0 Å². The number of benzene rings is 1. The summed E-state index contributed by atoms with van der Waals surface area (Å²) >= 11 is 0. The van der Waals surface area contributed by atoms with Crippen LogP contribution in [0.15, 0.2) is 24.3 Å². The molecule has 7 nitrogen and oxygen atoms in total. The van der Waals surface area contributed by atoms with Gasteiger partial charge in [-0.2, -0.15) is 0 Å². The highest BCUT2D eigenvalue weighted by Crippen LogP contribution is 2.18. The van der Waals surface area contributed by atoms with Crippen molar-refractivity contribution in [2.75, 3.05) is 20.8 Å². The molecule has 1 rings (SSSR count). The minimum Gasteiger partial charge on any atom is -0.494 e. The Hall–Kier alpha value is -2.90. The molecule has 0 bridgehead atoms. The Morgan fingerprint density at radius 1 is 1.26 bits per heavy atom. The van der Waals surface area contributed by atoms with Gasteiger partial charge in [0, 0.05) is 6.08 Å². The molecule has 0 aliphatic rings. The van der Waals surface area contributed by atoms with Gasteiger partial charge in [0.2, 0.25) is 0 Å². The largest absolute Gasteiger partial charge is 0.494 e. The zero-order valence-corrected chi connectivity index (χ0v) is 15.8. The standard InChI is InChI=1S/C19H24FNO6/c1-5-12(2)18(19(24)26-4)21-16(22)11-27-17(23)9-7-13-6-8-15(25-3)14(20)10-13/h6-10,12,18H,5,11H2,1-4H3,(H,21,22)/b9-7+/t12-,18+/m0/s1. The Balaban J connectivity index is 2.56. The molecule has 0 fully saturated rings. The molecule has 1 aromatic carbocycles. The number of nitrogens with one attached hydrogen (secondary N) is 1. The molecule has 0 aliphatic carbocycles. The lowest BCUT2D eigenvalue weighted by atomic mass is 9.99. The lowest BCUT2D eigenvalue weighted by Gasteiger charge is -2.21. The van der Waals surface area contributed by atoms with Crippen LogP contribution in [-0.4, -0.2) is 44.7 Å². The fourth-order valence-electron chi connectivity index (χ4n) is 2.15. The molecule has 0 unspecified atom stereocenters. The van der Waals surface area contributed by atoms with Crippen LogP contribution in [0.5, 0.6) is 5.75 Å². The third kappa shape index (κ3) is 7.08. The number of methoxy groups -OCH3 is 2. The monoisotopic (exact) mass is 381 g/mol. The zero-order chi connectivity index (χ0) is 20.4. The highest BCUT2D eigenvalue weighted by atomic mass is 19.1. The summed E-state index contributed by atoms with van der Waals surface area (Å²) in [7, 11) is 2.58. The second kappa shape index (κ2) is 10.9. The lowest BCUT2D eigenvalue weighted by molar-refractivity contribution is -0.148. The van der Waals surface area contributed by atoms with E-state index in [1.165, 1.54) is 32.4 Å². The number of esters is 2. The van der Waals surface area contributed by atoms with Crippen LogP contribution in [0, 0.1) is 11.7 Å². The summed E-state index contributed by atoms with van der Waals surface area (Å²) < 4.78 is 27.9. The highest BCUT2D eigenvalue weighted by Gasteiger charge is 2.26. The van der Waals surface area contributed by atoms with Gasteiger partial charge in [-0.1, -0.05) is 26.3 Å². The van der Waals surface area contributed by atoms with Crippen molar-refractivity contribution in [3.05, 3.63) is 35.7 Å². The summed E-state index contributed by atoms with van der Waals surface area (Å²) in [6.07, 6.45) is 3.07. The predicted octanol–water partition coefficient (Wildman–Crippen LogP) is 2.09. The van der Waals surface area contributed by atoms with Crippen molar-refractivity contribution in [1.82, 2.24) is 5.32 Å². The van der Waals surface area contributed by atoms with Gasteiger partial charge in [-0.15, -0.1) is 0 Å². The van der Waals surface area contributed by atoms with Crippen molar-refractivity contribution < 1.29 is 33.0 Å². The molecule has 0 aromatic heterocycles. The van der Waals surface area contributed by atoms with E-state index in [1.54, 1.807) is 13.0 Å². The van der Waals surface area contributed by atoms with Crippen LogP contribution in [0.4, 0.5) is 4.39 Å². The van der Waals surface area contributed by atoms with E-state index in [-0.39, 0.29) is 11.7 Å². The van der Waals surface area contributed by atoms with Crippen molar-refractivity contribution in [3.8, 4) is 5.75 Å². The Morgan fingerprint density at radius 2 is 1.96 bits per heavy atom. The summed E-state index contributed by atoms with van der Waals surface area (Å²) in [5.74, 6) is -2.57. The van der Waals surface area contributed by atoms with E-state index in [0.29, 0.717) is 12.0 Å². The number of carbonyl (C=O) groups is 3. The first kappa shape index (κ1) is 22.1. The minimum absolute atomic E-state index is 0.0906. The van der Waals surface area contributed by atoms with E-state index in [4.69, 9.17) is 9.47 Å². The van der Waals surface area contributed by atoms with Gasteiger partial charge < -0.3 is 19.5 Å². The fourth-order valence-corrected chi connectivity index (χ4v) is 2.15. The van der Waals surface area contributed by atoms with E-state index >= 15 is 0 Å². The highest BCUT2D eigenvalue weighted by molar-refractivity contribution is 5.90. The van der Waals surface area contributed by atoms with Gasteiger partial charge in [0.1, 0.15) is 6.04 Å². The van der Waals surface area contributed by atoms with Gasteiger partial charge in [0.25, 0.3) is 5.91 Å². The smallest absolute Gasteiger partial charge is 0.331 e. The van der Waals surface area contributed by atoms with Crippen LogP contribution in [-0.2, 0) is 23.9 Å². The Morgan fingerprint density at radius 3 is 2.52 bits per heavy atom. The van der Waals surface area contributed by atoms with Crippen LogP contribution in [0.1, 0.15) is 25.8 Å². The molecule has 1 N–H and O–H groups in total. The van der Waals surface area contributed by atoms with E-state index in [0.717, 1.165) is 6.08 Å². The Labute approximate surface area is 157 Å². The topological polar surface area (TPSA) is 90.9 Å². The fraction of sp³-hybridized carbons (Fsp3) is 0.421. The second-order valence-electron chi connectivity index (χ2n) is 5.79. The maximum atomic E-state index is 13.6. The molecule has 0 radical (unpaired) electrons. The number of halogens is 1. The maximum absolute atomic E-state index is 13.6.